The smallest absolute Gasteiger partial charge is 0.265 e. The summed E-state index contributed by atoms with van der Waals surface area (Å²) >= 11 is 0. The Labute approximate surface area is 298 Å². The molecule has 1 unspecified atom stereocenters. The molecule has 7 rings (SSSR count). The van der Waals surface area contributed by atoms with E-state index >= 15 is 9.59 Å². The second-order valence-electron chi connectivity index (χ2n) is 15.2. The Bertz CT molecular complexity index is 2020. The molecule has 3 aliphatic carbocycles. The predicted molar refractivity (Wildman–Crippen MR) is 193 cm³/mol. The molecular formula is C40H44N2O8Si. The number of fused-ring (bicyclic) bond motifs is 4. The summed E-state index contributed by atoms with van der Waals surface area (Å²) in [7, 11) is -1.31. The molecule has 4 aromatic rings. The molecule has 51 heavy (non-hydrogen) atoms. The molecule has 1 heterocycles. The van der Waals surface area contributed by atoms with Gasteiger partial charge in [0, 0.05) is 17.1 Å². The Morgan fingerprint density at radius 1 is 0.902 bits per heavy atom. The van der Waals surface area contributed by atoms with Crippen LogP contribution in [0.5, 0.6) is 17.4 Å². The number of ether oxygens (including phenoxy) is 3. The fraction of sp³-hybridized carbons (Fsp3) is 0.375. The summed E-state index contributed by atoms with van der Waals surface area (Å²) in [6.45, 7) is 10.5. The number of aliphatic hydroxyl groups is 1. The van der Waals surface area contributed by atoms with Crippen LogP contribution < -0.4 is 19.9 Å². The van der Waals surface area contributed by atoms with E-state index in [4.69, 9.17) is 28.9 Å². The fourth-order valence-corrected chi connectivity index (χ4v) is 8.89. The van der Waals surface area contributed by atoms with Crippen LogP contribution in [0.25, 0.3) is 5.76 Å². The summed E-state index contributed by atoms with van der Waals surface area (Å²) in [4.78, 5) is 30.6. The predicted octanol–water partition coefficient (Wildman–Crippen LogP) is 7.53. The van der Waals surface area contributed by atoms with Gasteiger partial charge in [0.1, 0.15) is 36.0 Å². The summed E-state index contributed by atoms with van der Waals surface area (Å²) in [6, 6.07) is 21.8. The van der Waals surface area contributed by atoms with Crippen LogP contribution in [0, 0.1) is 11.8 Å². The van der Waals surface area contributed by atoms with Crippen molar-refractivity contribution in [3.8, 4) is 17.4 Å². The molecule has 0 amide bonds. The van der Waals surface area contributed by atoms with Crippen molar-refractivity contribution in [1.29, 1.82) is 0 Å². The molecule has 10 nitrogen and oxygen atoms in total. The third-order valence-corrected chi connectivity index (χ3v) is 15.6. The highest BCUT2D eigenvalue weighted by molar-refractivity contribution is 6.74. The van der Waals surface area contributed by atoms with Gasteiger partial charge < -0.3 is 34.0 Å². The first-order chi connectivity index (χ1) is 24.3. The van der Waals surface area contributed by atoms with Crippen molar-refractivity contribution in [3.05, 3.63) is 112 Å². The number of carbonyl (C=O) groups excluding carboxylic acids is 2. The summed E-state index contributed by atoms with van der Waals surface area (Å²) in [5.41, 5.74) is 7.98. The van der Waals surface area contributed by atoms with E-state index in [0.717, 1.165) is 11.1 Å². The van der Waals surface area contributed by atoms with E-state index in [1.165, 1.54) is 0 Å². The maximum atomic E-state index is 15.4. The number of carbonyl (C=O) groups is 2. The van der Waals surface area contributed by atoms with Crippen LogP contribution in [-0.4, -0.2) is 42.9 Å². The van der Waals surface area contributed by atoms with Crippen LogP contribution >= 0.6 is 0 Å². The average molecular weight is 709 g/mol. The van der Waals surface area contributed by atoms with Crippen LogP contribution in [0.3, 0.4) is 0 Å². The molecule has 0 bridgehead atoms. The van der Waals surface area contributed by atoms with Crippen molar-refractivity contribution in [1.82, 2.24) is 5.16 Å². The van der Waals surface area contributed by atoms with Crippen molar-refractivity contribution in [2.75, 3.05) is 7.11 Å². The second-order valence-corrected chi connectivity index (χ2v) is 19.9. The van der Waals surface area contributed by atoms with Crippen LogP contribution in [-0.2, 0) is 28.9 Å². The lowest BCUT2D eigenvalue weighted by atomic mass is 9.57. The molecule has 3 aliphatic rings. The van der Waals surface area contributed by atoms with Gasteiger partial charge in [-0.25, -0.2) is 0 Å². The van der Waals surface area contributed by atoms with Gasteiger partial charge in [-0.1, -0.05) is 81.4 Å². The van der Waals surface area contributed by atoms with Crippen LogP contribution in [0.1, 0.15) is 71.6 Å². The van der Waals surface area contributed by atoms with Gasteiger partial charge in [-0.3, -0.25) is 9.59 Å². The van der Waals surface area contributed by atoms with Gasteiger partial charge in [-0.15, -0.1) is 0 Å². The summed E-state index contributed by atoms with van der Waals surface area (Å²) in [5, 5.41) is 16.0. The van der Waals surface area contributed by atoms with Gasteiger partial charge in [0.2, 0.25) is 11.6 Å². The van der Waals surface area contributed by atoms with Crippen molar-refractivity contribution in [3.63, 3.8) is 0 Å². The number of hydrogen-bond donors (Lipinski definition) is 2. The molecule has 11 heteroatoms. The van der Waals surface area contributed by atoms with E-state index in [0.29, 0.717) is 29.0 Å². The number of methoxy groups -OCH3 is 1. The van der Waals surface area contributed by atoms with Crippen molar-refractivity contribution >= 4 is 25.6 Å². The van der Waals surface area contributed by atoms with E-state index in [1.54, 1.807) is 19.2 Å². The monoisotopic (exact) mass is 708 g/mol. The fourth-order valence-electron chi connectivity index (χ4n) is 7.44. The number of aliphatic hydroxyl groups excluding tert-OH is 1. The summed E-state index contributed by atoms with van der Waals surface area (Å²) < 4.78 is 30.9. The highest BCUT2D eigenvalue weighted by Gasteiger charge is 2.68. The quantitative estimate of drug-likeness (QED) is 0.132. The van der Waals surface area contributed by atoms with Crippen molar-refractivity contribution < 1.29 is 37.9 Å². The third-order valence-electron chi connectivity index (χ3n) is 11.1. The standard InChI is InChI=1S/C40H44N2O8Si/c1-39(2,3)51(5,6)50-40-27(33(41)35-32(37(40)45)38(42-49-35)48-22-24-15-11-8-12-16-24)20-25-19-26-28(46-4)17-18-29(31(26)34(43)30(25)36(40)44)47-21-23-13-9-7-10-14-23/h7-18,25,27,33,43H,19-22,41H2,1-6H3/t25-,27-,33-,40?/m0/s1. The van der Waals surface area contributed by atoms with Crippen LogP contribution in [0.2, 0.25) is 18.1 Å². The van der Waals surface area contributed by atoms with Crippen LogP contribution in [0.15, 0.2) is 82.9 Å². The van der Waals surface area contributed by atoms with Gasteiger partial charge in [0.25, 0.3) is 5.88 Å². The maximum Gasteiger partial charge on any atom is 0.265 e. The number of aromatic nitrogens is 1. The molecule has 1 fully saturated rings. The lowest BCUT2D eigenvalue weighted by Crippen LogP contribution is -2.68. The molecule has 0 saturated heterocycles. The van der Waals surface area contributed by atoms with E-state index in [1.807, 2.05) is 94.5 Å². The number of ketones is 2. The molecular weight excluding hydrogens is 665 g/mol. The Hall–Kier alpha value is -4.71. The van der Waals surface area contributed by atoms with Gasteiger partial charge in [0.15, 0.2) is 19.7 Å². The zero-order chi connectivity index (χ0) is 36.3. The minimum atomic E-state index is -2.88. The normalized spacial score (nSPS) is 22.8. The first kappa shape index (κ1) is 34.7. The highest BCUT2D eigenvalue weighted by atomic mass is 28.4. The third kappa shape index (κ3) is 5.67. The van der Waals surface area contributed by atoms with E-state index in [-0.39, 0.29) is 53.2 Å². The van der Waals surface area contributed by atoms with Crippen molar-refractivity contribution in [2.24, 2.45) is 17.6 Å². The second kappa shape index (κ2) is 12.8. The Kier molecular flexibility index (Phi) is 8.72. The Balaban J connectivity index is 1.37. The first-order valence-electron chi connectivity index (χ1n) is 17.3. The van der Waals surface area contributed by atoms with Gasteiger partial charge in [-0.05, 0) is 65.3 Å². The van der Waals surface area contributed by atoms with Gasteiger partial charge in [0.05, 0.1) is 18.7 Å². The molecule has 0 radical (unpaired) electrons. The molecule has 0 spiro atoms. The van der Waals surface area contributed by atoms with Gasteiger partial charge in [-0.2, -0.15) is 0 Å². The topological polar surface area (TPSA) is 143 Å². The number of nitrogens with two attached hydrogens (primary N) is 1. The minimum absolute atomic E-state index is 0.00467. The molecule has 1 aromatic heterocycles. The highest BCUT2D eigenvalue weighted by Crippen LogP contribution is 2.58. The summed E-state index contributed by atoms with van der Waals surface area (Å²) in [6.07, 6.45) is 0.624. The average Bonchev–Trinajstić information content (AvgIpc) is 3.54. The molecule has 3 aromatic carbocycles. The number of hydrogen-bond acceptors (Lipinski definition) is 10. The molecule has 266 valence electrons. The first-order valence-corrected chi connectivity index (χ1v) is 20.2. The number of nitrogens with zero attached hydrogens (tertiary/aromatic N) is 1. The van der Waals surface area contributed by atoms with Crippen molar-refractivity contribution in [2.45, 2.75) is 76.6 Å². The van der Waals surface area contributed by atoms with E-state index < -0.39 is 43.4 Å². The number of Topliss-reactive ketones (excluding diaryl/α,β-unsaturated/α-hetero) is 2. The zero-order valence-electron chi connectivity index (χ0n) is 29.8. The van der Waals surface area contributed by atoms with Crippen LogP contribution in [0.4, 0.5) is 0 Å². The largest absolute Gasteiger partial charge is 0.507 e. The zero-order valence-corrected chi connectivity index (χ0v) is 30.8. The lowest BCUT2D eigenvalue weighted by Gasteiger charge is -2.53. The summed E-state index contributed by atoms with van der Waals surface area (Å²) in [5.74, 6) is -1.67. The minimum Gasteiger partial charge on any atom is -0.507 e. The lowest BCUT2D eigenvalue weighted by molar-refractivity contribution is -0.138. The molecule has 0 aliphatic heterocycles. The maximum absolute atomic E-state index is 15.4. The van der Waals surface area contributed by atoms with E-state index in [9.17, 15) is 5.11 Å². The molecule has 1 saturated carbocycles. The molecule has 3 N–H and O–H groups in total. The number of rotatable bonds is 9. The van der Waals surface area contributed by atoms with Gasteiger partial charge >= 0.3 is 0 Å². The Morgan fingerprint density at radius 3 is 2.12 bits per heavy atom. The van der Waals surface area contributed by atoms with E-state index in [2.05, 4.69) is 5.16 Å². The Morgan fingerprint density at radius 2 is 1.51 bits per heavy atom. The SMILES string of the molecule is COc1ccc(OCc2ccccc2)c2c1C[C@H]1C[C@H]3[C@H](N)c4onc(OCc5ccccc5)c4C(=O)C3(O[Si](C)(C)C(C)(C)C)C(=O)C1=C2O. The molecule has 4 atom stereocenters. The number of benzene rings is 3.